The average Bonchev–Trinajstić information content (AvgIpc) is 3.19. The molecule has 4 aromatic rings. The van der Waals surface area contributed by atoms with Gasteiger partial charge in [-0.15, -0.1) is 0 Å². The molecule has 1 fully saturated rings. The van der Waals surface area contributed by atoms with E-state index in [1.54, 1.807) is 0 Å². The lowest BCUT2D eigenvalue weighted by molar-refractivity contribution is 0.353. The molecule has 0 bridgehead atoms. The zero-order valence-electron chi connectivity index (χ0n) is 16.5. The molecule has 3 heteroatoms. The van der Waals surface area contributed by atoms with Crippen LogP contribution in [0.2, 0.25) is 0 Å². The van der Waals surface area contributed by atoms with Gasteiger partial charge in [0.05, 0.1) is 0 Å². The van der Waals surface area contributed by atoms with Crippen molar-refractivity contribution < 1.29 is 0 Å². The van der Waals surface area contributed by atoms with Gasteiger partial charge in [-0.1, -0.05) is 78.9 Å². The molecule has 0 unspecified atom stereocenters. The number of anilines is 1. The molecule has 29 heavy (non-hydrogen) atoms. The third kappa shape index (κ3) is 3.92. The van der Waals surface area contributed by atoms with Crippen molar-refractivity contribution in [2.45, 2.75) is 30.8 Å². The standard InChI is InChI=1S/C26H27N3/c1-3-9-19(10-4-1)26(20-11-5-2-6-12-20)24-16-15-22(18-27-24)28-25-17-21-13-7-8-14-23(21)29-25/h1-14,17,22,24,26-29H,15-16,18H2/t22-,24-/m1/s1. The summed E-state index contributed by atoms with van der Waals surface area (Å²) in [6.07, 6.45) is 2.30. The lowest BCUT2D eigenvalue weighted by Crippen LogP contribution is -2.47. The van der Waals surface area contributed by atoms with Crippen molar-refractivity contribution >= 4 is 16.7 Å². The maximum absolute atomic E-state index is 3.84. The predicted octanol–water partition coefficient (Wildman–Crippen LogP) is 5.53. The first kappa shape index (κ1) is 18.0. The van der Waals surface area contributed by atoms with Crippen molar-refractivity contribution in [3.63, 3.8) is 0 Å². The van der Waals surface area contributed by atoms with Gasteiger partial charge in [-0.05, 0) is 36.1 Å². The van der Waals surface area contributed by atoms with E-state index in [2.05, 4.69) is 107 Å². The second kappa shape index (κ2) is 8.14. The number of para-hydroxylation sites is 1. The second-order valence-corrected chi connectivity index (χ2v) is 8.00. The lowest BCUT2D eigenvalue weighted by Gasteiger charge is -2.36. The number of aromatic amines is 1. The predicted molar refractivity (Wildman–Crippen MR) is 121 cm³/mol. The summed E-state index contributed by atoms with van der Waals surface area (Å²) in [6.45, 7) is 0.968. The second-order valence-electron chi connectivity index (χ2n) is 8.00. The van der Waals surface area contributed by atoms with Crippen LogP contribution in [0.4, 0.5) is 5.82 Å². The van der Waals surface area contributed by atoms with E-state index < -0.39 is 0 Å². The van der Waals surface area contributed by atoms with Crippen LogP contribution in [0.3, 0.4) is 0 Å². The van der Waals surface area contributed by atoms with Gasteiger partial charge in [-0.2, -0.15) is 0 Å². The normalized spacial score (nSPS) is 19.5. The molecule has 1 aliphatic rings. The number of benzene rings is 3. The van der Waals surface area contributed by atoms with Crippen LogP contribution in [0, 0.1) is 0 Å². The first-order valence-corrected chi connectivity index (χ1v) is 10.5. The lowest BCUT2D eigenvalue weighted by atomic mass is 9.81. The van der Waals surface area contributed by atoms with Gasteiger partial charge in [0, 0.05) is 35.4 Å². The Morgan fingerprint density at radius 1 is 0.759 bits per heavy atom. The molecule has 0 aliphatic carbocycles. The van der Waals surface area contributed by atoms with Crippen molar-refractivity contribution in [2.75, 3.05) is 11.9 Å². The van der Waals surface area contributed by atoms with Crippen LogP contribution in [0.1, 0.15) is 29.9 Å². The zero-order chi connectivity index (χ0) is 19.5. The van der Waals surface area contributed by atoms with Crippen molar-refractivity contribution in [1.29, 1.82) is 0 Å². The van der Waals surface area contributed by atoms with Gasteiger partial charge in [0.15, 0.2) is 0 Å². The Morgan fingerprint density at radius 3 is 2.03 bits per heavy atom. The van der Waals surface area contributed by atoms with E-state index in [1.165, 1.54) is 22.0 Å². The van der Waals surface area contributed by atoms with Gasteiger partial charge in [0.1, 0.15) is 5.82 Å². The van der Waals surface area contributed by atoms with Gasteiger partial charge < -0.3 is 15.6 Å². The maximum Gasteiger partial charge on any atom is 0.104 e. The third-order valence-corrected chi connectivity index (χ3v) is 6.06. The summed E-state index contributed by atoms with van der Waals surface area (Å²) in [4.78, 5) is 3.49. The molecule has 146 valence electrons. The van der Waals surface area contributed by atoms with Crippen molar-refractivity contribution in [3.05, 3.63) is 102 Å². The molecule has 2 atom stereocenters. The molecular weight excluding hydrogens is 354 g/mol. The maximum atomic E-state index is 3.84. The summed E-state index contributed by atoms with van der Waals surface area (Å²) in [7, 11) is 0. The summed E-state index contributed by atoms with van der Waals surface area (Å²) in [5.41, 5.74) is 3.96. The molecule has 5 rings (SSSR count). The highest BCUT2D eigenvalue weighted by atomic mass is 15.1. The van der Waals surface area contributed by atoms with Crippen LogP contribution < -0.4 is 10.6 Å². The van der Waals surface area contributed by atoms with Gasteiger partial charge in [0.2, 0.25) is 0 Å². The summed E-state index contributed by atoms with van der Waals surface area (Å²) in [5, 5.41) is 8.79. The quantitative estimate of drug-likeness (QED) is 0.425. The van der Waals surface area contributed by atoms with Gasteiger partial charge in [-0.25, -0.2) is 0 Å². The fourth-order valence-corrected chi connectivity index (χ4v) is 4.64. The molecule has 0 saturated carbocycles. The van der Waals surface area contributed by atoms with Gasteiger partial charge in [0.25, 0.3) is 0 Å². The molecule has 0 spiro atoms. The van der Waals surface area contributed by atoms with Crippen molar-refractivity contribution in [1.82, 2.24) is 10.3 Å². The number of nitrogens with one attached hydrogen (secondary N) is 3. The minimum Gasteiger partial charge on any atom is -0.368 e. The van der Waals surface area contributed by atoms with Gasteiger partial charge >= 0.3 is 0 Å². The van der Waals surface area contributed by atoms with E-state index >= 15 is 0 Å². The summed E-state index contributed by atoms with van der Waals surface area (Å²) in [5.74, 6) is 1.49. The Labute approximate surface area is 172 Å². The Bertz CT molecular complexity index is 974. The van der Waals surface area contributed by atoms with E-state index in [4.69, 9.17) is 0 Å². The van der Waals surface area contributed by atoms with E-state index in [9.17, 15) is 0 Å². The fraction of sp³-hybridized carbons (Fsp3) is 0.231. The Hall–Kier alpha value is -3.04. The van der Waals surface area contributed by atoms with Crippen LogP contribution in [0.15, 0.2) is 91.0 Å². The Balaban J connectivity index is 1.30. The van der Waals surface area contributed by atoms with E-state index in [0.717, 1.165) is 25.2 Å². The number of hydrogen-bond donors (Lipinski definition) is 3. The smallest absolute Gasteiger partial charge is 0.104 e. The molecule has 1 saturated heterocycles. The first-order chi connectivity index (χ1) is 14.4. The topological polar surface area (TPSA) is 39.9 Å². The van der Waals surface area contributed by atoms with E-state index in [-0.39, 0.29) is 0 Å². The summed E-state index contributed by atoms with van der Waals surface area (Å²) in [6, 6.07) is 33.3. The number of H-pyrrole nitrogens is 1. The summed E-state index contributed by atoms with van der Waals surface area (Å²) < 4.78 is 0. The molecule has 2 heterocycles. The van der Waals surface area contributed by atoms with E-state index in [0.29, 0.717) is 18.0 Å². The molecule has 3 aromatic carbocycles. The average molecular weight is 382 g/mol. The van der Waals surface area contributed by atoms with E-state index in [1.807, 2.05) is 0 Å². The molecule has 1 aromatic heterocycles. The number of aromatic nitrogens is 1. The minimum absolute atomic E-state index is 0.381. The highest BCUT2D eigenvalue weighted by Crippen LogP contribution is 2.32. The molecule has 0 radical (unpaired) electrons. The summed E-state index contributed by atoms with van der Waals surface area (Å²) >= 11 is 0. The SMILES string of the molecule is c1ccc(C(c2ccccc2)[C@H]2CC[C@@H](Nc3cc4ccccc4[nH]3)CN2)cc1. The zero-order valence-corrected chi connectivity index (χ0v) is 16.5. The number of hydrogen-bond acceptors (Lipinski definition) is 2. The number of piperidine rings is 1. The van der Waals surface area contributed by atoms with Crippen LogP contribution in [-0.4, -0.2) is 23.6 Å². The number of fused-ring (bicyclic) bond motifs is 1. The molecular formula is C26H27N3. The minimum atomic E-state index is 0.381. The van der Waals surface area contributed by atoms with Crippen molar-refractivity contribution in [3.8, 4) is 0 Å². The Morgan fingerprint density at radius 2 is 1.41 bits per heavy atom. The third-order valence-electron chi connectivity index (χ3n) is 6.06. The largest absolute Gasteiger partial charge is 0.368 e. The van der Waals surface area contributed by atoms with Crippen LogP contribution in [0.25, 0.3) is 10.9 Å². The Kier molecular flexibility index (Phi) is 5.06. The van der Waals surface area contributed by atoms with Crippen molar-refractivity contribution in [2.24, 2.45) is 0 Å². The highest BCUT2D eigenvalue weighted by molar-refractivity contribution is 5.83. The van der Waals surface area contributed by atoms with Crippen LogP contribution in [-0.2, 0) is 0 Å². The monoisotopic (exact) mass is 381 g/mol. The number of rotatable bonds is 5. The highest BCUT2D eigenvalue weighted by Gasteiger charge is 2.29. The van der Waals surface area contributed by atoms with Gasteiger partial charge in [-0.3, -0.25) is 0 Å². The molecule has 0 amide bonds. The van der Waals surface area contributed by atoms with Crippen LogP contribution in [0.5, 0.6) is 0 Å². The molecule has 1 aliphatic heterocycles. The first-order valence-electron chi connectivity index (χ1n) is 10.5. The fourth-order valence-electron chi connectivity index (χ4n) is 4.64. The van der Waals surface area contributed by atoms with Crippen LogP contribution >= 0.6 is 0 Å². The molecule has 3 N–H and O–H groups in total. The molecule has 3 nitrogen and oxygen atoms in total.